The average Bonchev–Trinajstić information content (AvgIpc) is 2.38. The first kappa shape index (κ1) is 15.0. The van der Waals surface area contributed by atoms with Crippen molar-refractivity contribution in [1.29, 1.82) is 0 Å². The molecule has 2 N–H and O–H groups in total. The molecule has 1 aromatic heterocycles. The van der Waals surface area contributed by atoms with Crippen LogP contribution >= 0.6 is 12.2 Å². The molecule has 0 spiro atoms. The predicted octanol–water partition coefficient (Wildman–Crippen LogP) is 3.45. The Hall–Kier alpha value is -1.37. The molecule has 1 heterocycles. The number of pyridine rings is 1. The second-order valence-electron chi connectivity index (χ2n) is 4.79. The van der Waals surface area contributed by atoms with E-state index in [0.29, 0.717) is 0 Å². The van der Waals surface area contributed by atoms with E-state index in [-0.39, 0.29) is 22.5 Å². The number of thiocarbonyl (C=S) groups is 1. The number of nitrogens with zero attached hydrogens (tertiary/aromatic N) is 1. The number of halogens is 3. The summed E-state index contributed by atoms with van der Waals surface area (Å²) in [5.41, 5.74) is 4.76. The van der Waals surface area contributed by atoms with Gasteiger partial charge < -0.3 is 10.5 Å². The lowest BCUT2D eigenvalue weighted by Gasteiger charge is -2.23. The summed E-state index contributed by atoms with van der Waals surface area (Å²) in [4.78, 5) is 3.53. The van der Waals surface area contributed by atoms with E-state index in [0.717, 1.165) is 38.2 Å². The van der Waals surface area contributed by atoms with Crippen LogP contribution < -0.4 is 10.5 Å². The van der Waals surface area contributed by atoms with E-state index < -0.39 is 11.9 Å². The highest BCUT2D eigenvalue weighted by Crippen LogP contribution is 2.31. The fourth-order valence-corrected chi connectivity index (χ4v) is 2.37. The number of alkyl halides is 3. The molecule has 0 aromatic carbocycles. The second-order valence-corrected chi connectivity index (χ2v) is 5.23. The molecule has 1 saturated carbocycles. The minimum atomic E-state index is -4.51. The zero-order valence-corrected chi connectivity index (χ0v) is 11.6. The molecule has 0 radical (unpaired) electrons. The van der Waals surface area contributed by atoms with E-state index in [1.807, 2.05) is 0 Å². The Kier molecular flexibility index (Phi) is 4.47. The zero-order valence-electron chi connectivity index (χ0n) is 10.7. The van der Waals surface area contributed by atoms with Gasteiger partial charge in [0.2, 0.25) is 5.88 Å². The van der Waals surface area contributed by atoms with E-state index >= 15 is 0 Å². The quantitative estimate of drug-likeness (QED) is 0.869. The van der Waals surface area contributed by atoms with Crippen molar-refractivity contribution < 1.29 is 17.9 Å². The van der Waals surface area contributed by atoms with E-state index in [9.17, 15) is 13.2 Å². The van der Waals surface area contributed by atoms with Gasteiger partial charge in [-0.1, -0.05) is 18.6 Å². The Morgan fingerprint density at radius 2 is 1.90 bits per heavy atom. The molecule has 110 valence electrons. The van der Waals surface area contributed by atoms with Gasteiger partial charge in [0.15, 0.2) is 0 Å². The number of hydrogen-bond donors (Lipinski definition) is 1. The van der Waals surface area contributed by atoms with Crippen LogP contribution in [0, 0.1) is 0 Å². The van der Waals surface area contributed by atoms with Crippen LogP contribution in [0.4, 0.5) is 13.2 Å². The maximum absolute atomic E-state index is 12.7. The van der Waals surface area contributed by atoms with Gasteiger partial charge in [0.05, 0.1) is 5.56 Å². The Labute approximate surface area is 120 Å². The molecule has 0 unspecified atom stereocenters. The van der Waals surface area contributed by atoms with Crippen molar-refractivity contribution in [2.24, 2.45) is 5.73 Å². The molecule has 0 aliphatic heterocycles. The van der Waals surface area contributed by atoms with Gasteiger partial charge in [-0.3, -0.25) is 0 Å². The number of rotatable bonds is 3. The molecule has 3 nitrogen and oxygen atoms in total. The number of nitrogens with two attached hydrogens (primary N) is 1. The normalized spacial score (nSPS) is 16.9. The van der Waals surface area contributed by atoms with Gasteiger partial charge in [-0.2, -0.15) is 13.2 Å². The molecule has 1 aliphatic carbocycles. The molecule has 1 fully saturated rings. The minimum absolute atomic E-state index is 0.0166. The SMILES string of the molecule is NC(=S)c1ccc(C(F)(F)F)nc1OC1CCCCC1. The van der Waals surface area contributed by atoms with Crippen molar-refractivity contribution in [3.63, 3.8) is 0 Å². The molecule has 20 heavy (non-hydrogen) atoms. The second kappa shape index (κ2) is 5.95. The van der Waals surface area contributed by atoms with Crippen LogP contribution in [0.3, 0.4) is 0 Å². The van der Waals surface area contributed by atoms with Crippen LogP contribution in [-0.2, 0) is 6.18 Å². The Bertz CT molecular complexity index is 499. The van der Waals surface area contributed by atoms with Gasteiger partial charge in [-0.05, 0) is 37.8 Å². The van der Waals surface area contributed by atoms with E-state index in [1.165, 1.54) is 6.07 Å². The first-order valence-electron chi connectivity index (χ1n) is 6.42. The maximum atomic E-state index is 12.7. The van der Waals surface area contributed by atoms with Crippen LogP contribution in [-0.4, -0.2) is 16.1 Å². The largest absolute Gasteiger partial charge is 0.474 e. The first-order chi connectivity index (χ1) is 9.38. The van der Waals surface area contributed by atoms with Crippen LogP contribution in [0.2, 0.25) is 0 Å². The summed E-state index contributed by atoms with van der Waals surface area (Å²) in [6, 6.07) is 2.08. The lowest BCUT2D eigenvalue weighted by molar-refractivity contribution is -0.141. The molecule has 0 bridgehead atoms. The third-order valence-corrected chi connectivity index (χ3v) is 3.47. The number of ether oxygens (including phenoxy) is 1. The third kappa shape index (κ3) is 3.59. The summed E-state index contributed by atoms with van der Waals surface area (Å²) in [6.07, 6.45) is 0.131. The molecule has 0 saturated heterocycles. The van der Waals surface area contributed by atoms with Crippen LogP contribution in [0.5, 0.6) is 5.88 Å². The van der Waals surface area contributed by atoms with Gasteiger partial charge in [0.1, 0.15) is 16.8 Å². The summed E-state index contributed by atoms with van der Waals surface area (Å²) >= 11 is 4.83. The van der Waals surface area contributed by atoms with E-state index in [1.54, 1.807) is 0 Å². The smallest absolute Gasteiger partial charge is 0.433 e. The Morgan fingerprint density at radius 1 is 1.25 bits per heavy atom. The van der Waals surface area contributed by atoms with Gasteiger partial charge in [-0.25, -0.2) is 4.98 Å². The molecular formula is C13H15F3N2OS. The molecular weight excluding hydrogens is 289 g/mol. The first-order valence-corrected chi connectivity index (χ1v) is 6.83. The van der Waals surface area contributed by atoms with Gasteiger partial charge in [0, 0.05) is 0 Å². The van der Waals surface area contributed by atoms with Crippen molar-refractivity contribution in [3.8, 4) is 5.88 Å². The molecule has 7 heteroatoms. The highest BCUT2D eigenvalue weighted by Gasteiger charge is 2.34. The van der Waals surface area contributed by atoms with Crippen molar-refractivity contribution in [1.82, 2.24) is 4.98 Å². The molecule has 0 amide bonds. The minimum Gasteiger partial charge on any atom is -0.474 e. The van der Waals surface area contributed by atoms with Crippen molar-refractivity contribution in [2.45, 2.75) is 44.4 Å². The molecule has 1 aromatic rings. The van der Waals surface area contributed by atoms with Crippen molar-refractivity contribution in [2.75, 3.05) is 0 Å². The summed E-state index contributed by atoms with van der Waals surface area (Å²) in [5, 5.41) is 0. The molecule has 1 aliphatic rings. The third-order valence-electron chi connectivity index (χ3n) is 3.25. The topological polar surface area (TPSA) is 48.1 Å². The lowest BCUT2D eigenvalue weighted by atomic mass is 9.98. The predicted molar refractivity (Wildman–Crippen MR) is 72.6 cm³/mol. The van der Waals surface area contributed by atoms with E-state index in [4.69, 9.17) is 22.7 Å². The van der Waals surface area contributed by atoms with Crippen molar-refractivity contribution >= 4 is 17.2 Å². The summed E-state index contributed by atoms with van der Waals surface area (Å²) in [5.74, 6) is -0.112. The summed E-state index contributed by atoms with van der Waals surface area (Å²) in [7, 11) is 0. The maximum Gasteiger partial charge on any atom is 0.433 e. The molecule has 0 atom stereocenters. The van der Waals surface area contributed by atoms with Crippen LogP contribution in [0.15, 0.2) is 12.1 Å². The fourth-order valence-electron chi connectivity index (χ4n) is 2.22. The van der Waals surface area contributed by atoms with E-state index in [2.05, 4.69) is 4.98 Å². The van der Waals surface area contributed by atoms with Gasteiger partial charge >= 0.3 is 6.18 Å². The van der Waals surface area contributed by atoms with Gasteiger partial charge in [0.25, 0.3) is 0 Å². The monoisotopic (exact) mass is 304 g/mol. The van der Waals surface area contributed by atoms with Crippen LogP contribution in [0.25, 0.3) is 0 Å². The highest BCUT2D eigenvalue weighted by atomic mass is 32.1. The average molecular weight is 304 g/mol. The summed E-state index contributed by atoms with van der Waals surface area (Å²) in [6.45, 7) is 0. The highest BCUT2D eigenvalue weighted by molar-refractivity contribution is 7.80. The van der Waals surface area contributed by atoms with Crippen LogP contribution in [0.1, 0.15) is 43.4 Å². The Balaban J connectivity index is 2.29. The number of aromatic nitrogens is 1. The lowest BCUT2D eigenvalue weighted by Crippen LogP contribution is -2.23. The standard InChI is InChI=1S/C13H15F3N2OS/c14-13(15,16)10-7-6-9(11(17)20)12(18-10)19-8-4-2-1-3-5-8/h6-8H,1-5H2,(H2,17,20). The Morgan fingerprint density at radius 3 is 2.45 bits per heavy atom. The number of hydrogen-bond acceptors (Lipinski definition) is 3. The summed E-state index contributed by atoms with van der Waals surface area (Å²) < 4.78 is 43.7. The molecule has 2 rings (SSSR count). The van der Waals surface area contributed by atoms with Gasteiger partial charge in [-0.15, -0.1) is 0 Å². The zero-order chi connectivity index (χ0) is 14.8. The van der Waals surface area contributed by atoms with Crippen molar-refractivity contribution in [3.05, 3.63) is 23.4 Å². The fraction of sp³-hybridized carbons (Fsp3) is 0.538.